The smallest absolute Gasteiger partial charge is 0.0474 e. The largest absolute Gasteiger partial charge is 0.396 e. The number of hydrogen-bond acceptors (Lipinski definition) is 2. The van der Waals surface area contributed by atoms with Gasteiger partial charge in [-0.15, -0.1) is 0 Å². The first-order valence-electron chi connectivity index (χ1n) is 6.74. The monoisotopic (exact) mass is 233 g/mol. The predicted octanol–water partition coefficient (Wildman–Crippen LogP) is 2.67. The number of benzene rings is 1. The standard InChI is InChI=1S/C15H23NO/c1-2-14(12-17)15-9-6-10-16(15)11-13-7-4-3-5-8-13/h3-5,7-8,14-15,17H,2,6,9-12H2,1H3. The van der Waals surface area contributed by atoms with Crippen LogP contribution in [0.2, 0.25) is 0 Å². The van der Waals surface area contributed by atoms with Gasteiger partial charge in [-0.1, -0.05) is 37.3 Å². The average Bonchev–Trinajstić information content (AvgIpc) is 2.81. The van der Waals surface area contributed by atoms with Gasteiger partial charge < -0.3 is 5.11 Å². The number of aliphatic hydroxyl groups excluding tert-OH is 1. The molecule has 17 heavy (non-hydrogen) atoms. The highest BCUT2D eigenvalue weighted by Crippen LogP contribution is 2.27. The van der Waals surface area contributed by atoms with E-state index in [9.17, 15) is 5.11 Å². The van der Waals surface area contributed by atoms with Crippen LogP contribution in [0.25, 0.3) is 0 Å². The van der Waals surface area contributed by atoms with Crippen molar-refractivity contribution in [2.24, 2.45) is 5.92 Å². The fourth-order valence-corrected chi connectivity index (χ4v) is 2.92. The van der Waals surface area contributed by atoms with Crippen LogP contribution in [-0.2, 0) is 6.54 Å². The van der Waals surface area contributed by atoms with Gasteiger partial charge >= 0.3 is 0 Å². The lowest BCUT2D eigenvalue weighted by molar-refractivity contribution is 0.119. The molecule has 2 atom stereocenters. The highest BCUT2D eigenvalue weighted by Gasteiger charge is 2.30. The molecule has 1 aliphatic heterocycles. The molecule has 94 valence electrons. The van der Waals surface area contributed by atoms with Crippen LogP contribution in [0, 0.1) is 5.92 Å². The van der Waals surface area contributed by atoms with Crippen LogP contribution < -0.4 is 0 Å². The van der Waals surface area contributed by atoms with Crippen molar-refractivity contribution < 1.29 is 5.11 Å². The van der Waals surface area contributed by atoms with Gasteiger partial charge in [0.15, 0.2) is 0 Å². The van der Waals surface area contributed by atoms with Crippen LogP contribution in [0.4, 0.5) is 0 Å². The lowest BCUT2D eigenvalue weighted by Crippen LogP contribution is -2.36. The number of nitrogens with zero attached hydrogens (tertiary/aromatic N) is 1. The van der Waals surface area contributed by atoms with Crippen molar-refractivity contribution in [2.45, 2.75) is 38.8 Å². The van der Waals surface area contributed by atoms with E-state index < -0.39 is 0 Å². The van der Waals surface area contributed by atoms with Crippen LogP contribution in [0.5, 0.6) is 0 Å². The minimum Gasteiger partial charge on any atom is -0.396 e. The molecule has 0 aliphatic carbocycles. The summed E-state index contributed by atoms with van der Waals surface area (Å²) in [6.07, 6.45) is 3.59. The molecule has 2 rings (SSSR count). The summed E-state index contributed by atoms with van der Waals surface area (Å²) in [5, 5.41) is 9.44. The van der Waals surface area contributed by atoms with Gasteiger partial charge in [0, 0.05) is 19.2 Å². The first kappa shape index (κ1) is 12.6. The minimum absolute atomic E-state index is 0.326. The van der Waals surface area contributed by atoms with E-state index in [1.54, 1.807) is 0 Å². The van der Waals surface area contributed by atoms with Crippen molar-refractivity contribution in [2.75, 3.05) is 13.2 Å². The SMILES string of the molecule is CCC(CO)C1CCCN1Cc1ccccc1. The molecule has 1 aliphatic rings. The molecule has 2 unspecified atom stereocenters. The van der Waals surface area contributed by atoms with Gasteiger partial charge in [0.25, 0.3) is 0 Å². The van der Waals surface area contributed by atoms with Gasteiger partial charge in [-0.05, 0) is 37.3 Å². The van der Waals surface area contributed by atoms with E-state index in [-0.39, 0.29) is 0 Å². The Labute approximate surface area is 104 Å². The normalized spacial score (nSPS) is 22.8. The molecule has 1 fully saturated rings. The van der Waals surface area contributed by atoms with E-state index >= 15 is 0 Å². The summed E-state index contributed by atoms with van der Waals surface area (Å²) < 4.78 is 0. The first-order chi connectivity index (χ1) is 8.35. The molecule has 0 saturated carbocycles. The number of aliphatic hydroxyl groups is 1. The number of rotatable bonds is 5. The third kappa shape index (κ3) is 3.08. The highest BCUT2D eigenvalue weighted by atomic mass is 16.3. The summed E-state index contributed by atoms with van der Waals surface area (Å²) in [5.74, 6) is 0.446. The Kier molecular flexibility index (Phi) is 4.57. The van der Waals surface area contributed by atoms with Crippen LogP contribution in [-0.4, -0.2) is 29.2 Å². The molecule has 1 aromatic rings. The van der Waals surface area contributed by atoms with Gasteiger partial charge in [-0.3, -0.25) is 4.90 Å². The maximum Gasteiger partial charge on any atom is 0.0474 e. The molecule has 2 heteroatoms. The second-order valence-electron chi connectivity index (χ2n) is 5.02. The Morgan fingerprint density at radius 3 is 2.76 bits per heavy atom. The maximum atomic E-state index is 9.44. The van der Waals surface area contributed by atoms with E-state index in [4.69, 9.17) is 0 Å². The molecular weight excluding hydrogens is 210 g/mol. The van der Waals surface area contributed by atoms with Gasteiger partial charge in [0.2, 0.25) is 0 Å². The van der Waals surface area contributed by atoms with Crippen LogP contribution in [0.1, 0.15) is 31.7 Å². The molecule has 2 nitrogen and oxygen atoms in total. The van der Waals surface area contributed by atoms with Crippen LogP contribution >= 0.6 is 0 Å². The fraction of sp³-hybridized carbons (Fsp3) is 0.600. The second kappa shape index (κ2) is 6.18. The van der Waals surface area contributed by atoms with Crippen molar-refractivity contribution in [3.05, 3.63) is 35.9 Å². The quantitative estimate of drug-likeness (QED) is 0.845. The zero-order valence-electron chi connectivity index (χ0n) is 10.7. The van der Waals surface area contributed by atoms with Crippen molar-refractivity contribution in [1.29, 1.82) is 0 Å². The van der Waals surface area contributed by atoms with Crippen LogP contribution in [0.15, 0.2) is 30.3 Å². The Balaban J connectivity index is 2.00. The second-order valence-corrected chi connectivity index (χ2v) is 5.02. The molecule has 0 radical (unpaired) electrons. The summed E-state index contributed by atoms with van der Waals surface area (Å²) in [6.45, 7) is 4.71. The van der Waals surface area contributed by atoms with E-state index in [0.717, 1.165) is 13.0 Å². The minimum atomic E-state index is 0.326. The van der Waals surface area contributed by atoms with E-state index in [1.165, 1.54) is 24.9 Å². The van der Waals surface area contributed by atoms with Crippen molar-refractivity contribution >= 4 is 0 Å². The zero-order chi connectivity index (χ0) is 12.1. The lowest BCUT2D eigenvalue weighted by atomic mass is 9.95. The van der Waals surface area contributed by atoms with E-state index in [1.807, 2.05) is 0 Å². The fourth-order valence-electron chi connectivity index (χ4n) is 2.92. The van der Waals surface area contributed by atoms with Crippen molar-refractivity contribution in [3.63, 3.8) is 0 Å². The van der Waals surface area contributed by atoms with Gasteiger partial charge in [-0.2, -0.15) is 0 Å². The Morgan fingerprint density at radius 1 is 1.35 bits per heavy atom. The number of likely N-dealkylation sites (tertiary alicyclic amines) is 1. The maximum absolute atomic E-state index is 9.44. The van der Waals surface area contributed by atoms with Gasteiger partial charge in [0.05, 0.1) is 0 Å². The van der Waals surface area contributed by atoms with Crippen molar-refractivity contribution in [1.82, 2.24) is 4.90 Å². The Hall–Kier alpha value is -0.860. The topological polar surface area (TPSA) is 23.5 Å². The van der Waals surface area contributed by atoms with Gasteiger partial charge in [0.1, 0.15) is 0 Å². The zero-order valence-corrected chi connectivity index (χ0v) is 10.7. The summed E-state index contributed by atoms with van der Waals surface area (Å²) in [4.78, 5) is 2.54. The molecule has 0 amide bonds. The molecule has 1 aromatic carbocycles. The molecule has 1 saturated heterocycles. The molecule has 1 heterocycles. The third-order valence-corrected chi connectivity index (χ3v) is 3.95. The first-order valence-corrected chi connectivity index (χ1v) is 6.74. The lowest BCUT2D eigenvalue weighted by Gasteiger charge is -2.30. The average molecular weight is 233 g/mol. The van der Waals surface area contributed by atoms with Gasteiger partial charge in [-0.25, -0.2) is 0 Å². The molecule has 1 N–H and O–H groups in total. The van der Waals surface area contributed by atoms with Crippen LogP contribution in [0.3, 0.4) is 0 Å². The number of hydrogen-bond donors (Lipinski definition) is 1. The summed E-state index contributed by atoms with van der Waals surface area (Å²) >= 11 is 0. The van der Waals surface area contributed by atoms with E-state index in [2.05, 4.69) is 42.2 Å². The van der Waals surface area contributed by atoms with E-state index in [0.29, 0.717) is 18.6 Å². The molecule has 0 aromatic heterocycles. The molecular formula is C15H23NO. The Morgan fingerprint density at radius 2 is 2.12 bits per heavy atom. The third-order valence-electron chi connectivity index (χ3n) is 3.95. The Bertz CT molecular complexity index is 321. The molecule has 0 bridgehead atoms. The summed E-state index contributed by atoms with van der Waals surface area (Å²) in [6, 6.07) is 11.2. The summed E-state index contributed by atoms with van der Waals surface area (Å²) in [5.41, 5.74) is 1.38. The molecule has 0 spiro atoms. The summed E-state index contributed by atoms with van der Waals surface area (Å²) in [7, 11) is 0. The predicted molar refractivity (Wildman–Crippen MR) is 70.7 cm³/mol. The highest BCUT2D eigenvalue weighted by molar-refractivity contribution is 5.14. The van der Waals surface area contributed by atoms with Crippen molar-refractivity contribution in [3.8, 4) is 0 Å².